The first-order valence-corrected chi connectivity index (χ1v) is 10.8. The molecular weight excluding hydrogens is 380 g/mol. The van der Waals surface area contributed by atoms with Crippen molar-refractivity contribution in [1.82, 2.24) is 5.32 Å². The van der Waals surface area contributed by atoms with E-state index in [0.717, 1.165) is 51.3 Å². The summed E-state index contributed by atoms with van der Waals surface area (Å²) in [4.78, 5) is 14.5. The van der Waals surface area contributed by atoms with Crippen LogP contribution in [0.1, 0.15) is 41.7 Å². The van der Waals surface area contributed by atoms with Crippen LogP contribution in [0.25, 0.3) is 0 Å². The molecular formula is C24H33N2O4+. The van der Waals surface area contributed by atoms with Crippen LogP contribution in [0.4, 0.5) is 0 Å². The molecule has 0 spiro atoms. The second kappa shape index (κ2) is 11.6. The summed E-state index contributed by atoms with van der Waals surface area (Å²) in [6.07, 6.45) is 2.04. The van der Waals surface area contributed by atoms with Crippen molar-refractivity contribution in [3.63, 3.8) is 0 Å². The Balaban J connectivity index is 1.72. The van der Waals surface area contributed by atoms with Gasteiger partial charge in [0.05, 0.1) is 26.9 Å². The lowest BCUT2D eigenvalue weighted by Crippen LogP contribution is -3.14. The van der Waals surface area contributed by atoms with E-state index in [9.17, 15) is 4.79 Å². The predicted octanol–water partition coefficient (Wildman–Crippen LogP) is 2.26. The molecule has 3 rings (SSSR count). The number of hydrogen-bond donors (Lipinski definition) is 2. The summed E-state index contributed by atoms with van der Waals surface area (Å²) in [6, 6.07) is 15.4. The van der Waals surface area contributed by atoms with Crippen molar-refractivity contribution in [2.45, 2.75) is 25.8 Å². The van der Waals surface area contributed by atoms with E-state index < -0.39 is 0 Å². The molecule has 162 valence electrons. The van der Waals surface area contributed by atoms with E-state index in [1.165, 1.54) is 4.90 Å². The highest BCUT2D eigenvalue weighted by Crippen LogP contribution is 2.28. The van der Waals surface area contributed by atoms with E-state index in [2.05, 4.69) is 24.4 Å². The highest BCUT2D eigenvalue weighted by molar-refractivity contribution is 5.95. The second-order valence-corrected chi connectivity index (χ2v) is 7.57. The number of quaternary nitrogens is 1. The molecule has 0 aromatic heterocycles. The molecule has 6 nitrogen and oxygen atoms in total. The van der Waals surface area contributed by atoms with Gasteiger partial charge in [-0.05, 0) is 30.2 Å². The fourth-order valence-corrected chi connectivity index (χ4v) is 3.59. The lowest BCUT2D eigenvalue weighted by atomic mass is 10.0. The highest BCUT2D eigenvalue weighted by Gasteiger charge is 2.23. The van der Waals surface area contributed by atoms with Gasteiger partial charge in [0.15, 0.2) is 11.5 Å². The molecule has 1 amide bonds. The van der Waals surface area contributed by atoms with Crippen molar-refractivity contribution >= 4 is 5.91 Å². The second-order valence-electron chi connectivity index (χ2n) is 7.57. The molecule has 0 bridgehead atoms. The van der Waals surface area contributed by atoms with Crippen LogP contribution in [0.2, 0.25) is 0 Å². The monoisotopic (exact) mass is 413 g/mol. The SMILES string of the molecule is CCCCOc1ccc(C(=O)N[C@@H](C[NH+]2CCOCC2)c2ccccc2)cc1OC. The average molecular weight is 414 g/mol. The normalized spacial score (nSPS) is 15.4. The molecule has 1 heterocycles. The Hall–Kier alpha value is -2.57. The molecule has 2 aromatic carbocycles. The van der Waals surface area contributed by atoms with Gasteiger partial charge in [-0.25, -0.2) is 0 Å². The Bertz CT molecular complexity index is 791. The fraction of sp³-hybridized carbons (Fsp3) is 0.458. The number of methoxy groups -OCH3 is 1. The number of carbonyl (C=O) groups excluding carboxylic acids is 1. The van der Waals surface area contributed by atoms with Gasteiger partial charge in [0, 0.05) is 5.56 Å². The summed E-state index contributed by atoms with van der Waals surface area (Å²) in [5.74, 6) is 1.13. The van der Waals surface area contributed by atoms with Gasteiger partial charge in [0.2, 0.25) is 0 Å². The van der Waals surface area contributed by atoms with Gasteiger partial charge >= 0.3 is 0 Å². The number of morpholine rings is 1. The maximum Gasteiger partial charge on any atom is 0.252 e. The molecule has 1 aliphatic rings. The molecule has 0 aliphatic carbocycles. The summed E-state index contributed by atoms with van der Waals surface area (Å²) >= 11 is 0. The largest absolute Gasteiger partial charge is 0.493 e. The summed E-state index contributed by atoms with van der Waals surface area (Å²) in [6.45, 7) is 7.03. The number of amides is 1. The van der Waals surface area contributed by atoms with Crippen LogP contribution in [-0.2, 0) is 4.74 Å². The van der Waals surface area contributed by atoms with E-state index in [0.29, 0.717) is 23.7 Å². The summed E-state index contributed by atoms with van der Waals surface area (Å²) in [7, 11) is 1.60. The molecule has 0 unspecified atom stereocenters. The van der Waals surface area contributed by atoms with E-state index in [1.807, 2.05) is 24.3 Å². The van der Waals surface area contributed by atoms with Crippen molar-refractivity contribution in [2.75, 3.05) is 46.6 Å². The maximum absolute atomic E-state index is 13.1. The third kappa shape index (κ3) is 6.21. The van der Waals surface area contributed by atoms with Crippen molar-refractivity contribution in [1.29, 1.82) is 0 Å². The number of unbranched alkanes of at least 4 members (excludes halogenated alkanes) is 1. The maximum atomic E-state index is 13.1. The minimum Gasteiger partial charge on any atom is -0.493 e. The van der Waals surface area contributed by atoms with Gasteiger partial charge in [-0.2, -0.15) is 0 Å². The molecule has 1 atom stereocenters. The third-order valence-corrected chi connectivity index (χ3v) is 5.38. The number of hydrogen-bond acceptors (Lipinski definition) is 4. The Morgan fingerprint density at radius 1 is 1.13 bits per heavy atom. The smallest absolute Gasteiger partial charge is 0.252 e. The van der Waals surface area contributed by atoms with Crippen LogP contribution in [0.3, 0.4) is 0 Å². The first-order chi connectivity index (χ1) is 14.7. The number of ether oxygens (including phenoxy) is 3. The molecule has 2 aromatic rings. The van der Waals surface area contributed by atoms with E-state index in [4.69, 9.17) is 14.2 Å². The molecule has 1 saturated heterocycles. The summed E-state index contributed by atoms with van der Waals surface area (Å²) < 4.78 is 16.7. The molecule has 1 aliphatic heterocycles. The standard InChI is InChI=1S/C24H32N2O4/c1-3-4-14-30-22-11-10-20(17-23(22)28-2)24(27)25-21(19-8-6-5-7-9-19)18-26-12-15-29-16-13-26/h5-11,17,21H,3-4,12-16,18H2,1-2H3,(H,25,27)/p+1/t21-/m0/s1. The Labute approximate surface area is 179 Å². The van der Waals surface area contributed by atoms with Crippen LogP contribution in [-0.4, -0.2) is 52.5 Å². The van der Waals surface area contributed by atoms with E-state index >= 15 is 0 Å². The first kappa shape index (κ1) is 22.1. The van der Waals surface area contributed by atoms with Gasteiger partial charge in [0.25, 0.3) is 5.91 Å². The lowest BCUT2D eigenvalue weighted by Gasteiger charge is -2.28. The molecule has 30 heavy (non-hydrogen) atoms. The van der Waals surface area contributed by atoms with Crippen LogP contribution < -0.4 is 19.7 Å². The fourth-order valence-electron chi connectivity index (χ4n) is 3.59. The Morgan fingerprint density at radius 3 is 2.60 bits per heavy atom. The zero-order valence-corrected chi connectivity index (χ0v) is 18.0. The predicted molar refractivity (Wildman–Crippen MR) is 116 cm³/mol. The summed E-state index contributed by atoms with van der Waals surface area (Å²) in [5.41, 5.74) is 1.67. The van der Waals surface area contributed by atoms with E-state index in [-0.39, 0.29) is 11.9 Å². The molecule has 0 saturated carbocycles. The summed E-state index contributed by atoms with van der Waals surface area (Å²) in [5, 5.41) is 3.22. The van der Waals surface area contributed by atoms with Crippen LogP contribution >= 0.6 is 0 Å². The number of carbonyl (C=O) groups is 1. The quantitative estimate of drug-likeness (QED) is 0.587. The van der Waals surface area contributed by atoms with Gasteiger partial charge in [-0.3, -0.25) is 4.79 Å². The molecule has 6 heteroatoms. The van der Waals surface area contributed by atoms with Crippen LogP contribution in [0.5, 0.6) is 11.5 Å². The first-order valence-electron chi connectivity index (χ1n) is 10.8. The van der Waals surface area contributed by atoms with Gasteiger partial charge in [0.1, 0.15) is 25.7 Å². The number of benzene rings is 2. The minimum absolute atomic E-state index is 0.0710. The zero-order chi connectivity index (χ0) is 21.2. The number of rotatable bonds is 10. The Kier molecular flexibility index (Phi) is 8.53. The average Bonchev–Trinajstić information content (AvgIpc) is 2.80. The van der Waals surface area contributed by atoms with Gasteiger partial charge in [-0.1, -0.05) is 43.7 Å². The molecule has 2 N–H and O–H groups in total. The lowest BCUT2D eigenvalue weighted by molar-refractivity contribution is -0.909. The van der Waals surface area contributed by atoms with Crippen LogP contribution in [0, 0.1) is 0 Å². The Morgan fingerprint density at radius 2 is 1.90 bits per heavy atom. The van der Waals surface area contributed by atoms with Crippen molar-refractivity contribution in [3.05, 3.63) is 59.7 Å². The molecule has 0 radical (unpaired) electrons. The zero-order valence-electron chi connectivity index (χ0n) is 18.0. The van der Waals surface area contributed by atoms with Gasteiger partial charge < -0.3 is 24.4 Å². The van der Waals surface area contributed by atoms with Crippen molar-refractivity contribution in [3.8, 4) is 11.5 Å². The molecule has 1 fully saturated rings. The minimum atomic E-state index is -0.116. The third-order valence-electron chi connectivity index (χ3n) is 5.38. The van der Waals surface area contributed by atoms with Crippen molar-refractivity contribution in [2.24, 2.45) is 0 Å². The topological polar surface area (TPSA) is 61.2 Å². The van der Waals surface area contributed by atoms with Crippen molar-refractivity contribution < 1.29 is 23.9 Å². The van der Waals surface area contributed by atoms with Crippen LogP contribution in [0.15, 0.2) is 48.5 Å². The highest BCUT2D eigenvalue weighted by atomic mass is 16.5. The van der Waals surface area contributed by atoms with Gasteiger partial charge in [-0.15, -0.1) is 0 Å². The number of nitrogens with one attached hydrogen (secondary N) is 2. The van der Waals surface area contributed by atoms with E-state index in [1.54, 1.807) is 19.2 Å².